The summed E-state index contributed by atoms with van der Waals surface area (Å²) in [6.45, 7) is 3.34. The van der Waals surface area contributed by atoms with Gasteiger partial charge in [0.2, 0.25) is 0 Å². The SMILES string of the molecule is Cc1ccc(NC(=O)NCCN(C)C)cc1Cl. The highest BCUT2D eigenvalue weighted by atomic mass is 35.5. The quantitative estimate of drug-likeness (QED) is 0.867. The summed E-state index contributed by atoms with van der Waals surface area (Å²) in [5.74, 6) is 0. The Kier molecular flexibility index (Phi) is 5.25. The summed E-state index contributed by atoms with van der Waals surface area (Å²) < 4.78 is 0. The molecule has 0 aliphatic rings. The third-order valence-electron chi connectivity index (χ3n) is 2.27. The second-order valence-corrected chi connectivity index (χ2v) is 4.56. The Morgan fingerprint density at radius 1 is 1.41 bits per heavy atom. The molecule has 1 rings (SSSR count). The lowest BCUT2D eigenvalue weighted by molar-refractivity contribution is 0.250. The second-order valence-electron chi connectivity index (χ2n) is 4.15. The molecule has 0 saturated carbocycles. The second kappa shape index (κ2) is 6.47. The summed E-state index contributed by atoms with van der Waals surface area (Å²) in [6, 6.07) is 5.22. The highest BCUT2D eigenvalue weighted by Gasteiger charge is 2.02. The van der Waals surface area contributed by atoms with E-state index in [-0.39, 0.29) is 6.03 Å². The number of carbonyl (C=O) groups is 1. The molecule has 0 heterocycles. The first-order valence-electron chi connectivity index (χ1n) is 5.45. The van der Waals surface area contributed by atoms with Crippen LogP contribution in [0.2, 0.25) is 5.02 Å². The van der Waals surface area contributed by atoms with Gasteiger partial charge in [-0.3, -0.25) is 0 Å². The minimum Gasteiger partial charge on any atom is -0.337 e. The van der Waals surface area contributed by atoms with Crippen LogP contribution in [0.4, 0.5) is 10.5 Å². The Morgan fingerprint density at radius 3 is 2.71 bits per heavy atom. The number of aryl methyl sites for hydroxylation is 1. The van der Waals surface area contributed by atoms with Crippen molar-refractivity contribution in [1.82, 2.24) is 10.2 Å². The Balaban J connectivity index is 2.42. The Hall–Kier alpha value is -1.26. The fraction of sp³-hybridized carbons (Fsp3) is 0.417. The van der Waals surface area contributed by atoms with Crippen LogP contribution in [0.3, 0.4) is 0 Å². The van der Waals surface area contributed by atoms with Crippen LogP contribution >= 0.6 is 11.6 Å². The van der Waals surface area contributed by atoms with E-state index in [0.29, 0.717) is 17.3 Å². The standard InChI is InChI=1S/C12H18ClN3O/c1-9-4-5-10(8-11(9)13)15-12(17)14-6-7-16(2)3/h4-5,8H,6-7H2,1-3H3,(H2,14,15,17). The van der Waals surface area contributed by atoms with Gasteiger partial charge in [0.05, 0.1) is 0 Å². The smallest absolute Gasteiger partial charge is 0.319 e. The third-order valence-corrected chi connectivity index (χ3v) is 2.68. The largest absolute Gasteiger partial charge is 0.337 e. The monoisotopic (exact) mass is 255 g/mol. The van der Waals surface area contributed by atoms with Crippen LogP contribution in [0.5, 0.6) is 0 Å². The average Bonchev–Trinajstić information content (AvgIpc) is 2.23. The van der Waals surface area contributed by atoms with Crippen LogP contribution in [0.15, 0.2) is 18.2 Å². The Bertz CT molecular complexity index is 393. The number of benzene rings is 1. The Morgan fingerprint density at radius 2 is 2.12 bits per heavy atom. The van der Waals surface area contributed by atoms with Crippen molar-refractivity contribution < 1.29 is 4.79 Å². The van der Waals surface area contributed by atoms with Crippen LogP contribution in [-0.4, -0.2) is 38.1 Å². The third kappa shape index (κ3) is 5.06. The molecule has 0 aromatic heterocycles. The summed E-state index contributed by atoms with van der Waals surface area (Å²) in [6.07, 6.45) is 0. The van der Waals surface area contributed by atoms with E-state index < -0.39 is 0 Å². The molecule has 1 aromatic carbocycles. The van der Waals surface area contributed by atoms with Crippen LogP contribution < -0.4 is 10.6 Å². The maximum atomic E-state index is 11.5. The lowest BCUT2D eigenvalue weighted by atomic mass is 10.2. The highest BCUT2D eigenvalue weighted by molar-refractivity contribution is 6.31. The fourth-order valence-electron chi connectivity index (χ4n) is 1.24. The lowest BCUT2D eigenvalue weighted by Crippen LogP contribution is -2.34. The first kappa shape index (κ1) is 13.8. The van der Waals surface area contributed by atoms with E-state index >= 15 is 0 Å². The van der Waals surface area contributed by atoms with Gasteiger partial charge in [-0.1, -0.05) is 17.7 Å². The molecule has 0 bridgehead atoms. The molecule has 0 aliphatic carbocycles. The Labute approximate surface area is 107 Å². The van der Waals surface area contributed by atoms with Crippen LogP contribution in [0, 0.1) is 6.92 Å². The average molecular weight is 256 g/mol. The van der Waals surface area contributed by atoms with Crippen molar-refractivity contribution in [2.45, 2.75) is 6.92 Å². The van der Waals surface area contributed by atoms with Gasteiger partial charge in [0.25, 0.3) is 0 Å². The lowest BCUT2D eigenvalue weighted by Gasteiger charge is -2.11. The molecule has 0 fully saturated rings. The number of nitrogens with zero attached hydrogens (tertiary/aromatic N) is 1. The van der Waals surface area contributed by atoms with Gasteiger partial charge in [-0.05, 0) is 38.7 Å². The predicted octanol–water partition coefficient (Wildman–Crippen LogP) is 2.33. The van der Waals surface area contributed by atoms with Crippen molar-refractivity contribution in [3.05, 3.63) is 28.8 Å². The van der Waals surface area contributed by atoms with Crippen LogP contribution in [0.1, 0.15) is 5.56 Å². The number of nitrogens with one attached hydrogen (secondary N) is 2. The van der Waals surface area contributed by atoms with Crippen molar-refractivity contribution in [3.8, 4) is 0 Å². The molecule has 17 heavy (non-hydrogen) atoms. The minimum atomic E-state index is -0.216. The van der Waals surface area contributed by atoms with Crippen LogP contribution in [-0.2, 0) is 0 Å². The summed E-state index contributed by atoms with van der Waals surface area (Å²) >= 11 is 5.96. The topological polar surface area (TPSA) is 44.4 Å². The van der Waals surface area contributed by atoms with Gasteiger partial charge in [0.15, 0.2) is 0 Å². The number of hydrogen-bond acceptors (Lipinski definition) is 2. The number of anilines is 1. The number of rotatable bonds is 4. The molecule has 2 amide bonds. The van der Waals surface area contributed by atoms with E-state index in [4.69, 9.17) is 11.6 Å². The molecule has 0 spiro atoms. The maximum absolute atomic E-state index is 11.5. The summed E-state index contributed by atoms with van der Waals surface area (Å²) in [7, 11) is 3.92. The number of urea groups is 1. The van der Waals surface area contributed by atoms with Gasteiger partial charge in [-0.2, -0.15) is 0 Å². The van der Waals surface area contributed by atoms with E-state index in [1.807, 2.05) is 38.1 Å². The zero-order valence-corrected chi connectivity index (χ0v) is 11.1. The molecular weight excluding hydrogens is 238 g/mol. The minimum absolute atomic E-state index is 0.216. The molecule has 94 valence electrons. The van der Waals surface area contributed by atoms with E-state index in [9.17, 15) is 4.79 Å². The van der Waals surface area contributed by atoms with E-state index in [0.717, 1.165) is 12.1 Å². The summed E-state index contributed by atoms with van der Waals surface area (Å²) in [5.41, 5.74) is 1.69. The maximum Gasteiger partial charge on any atom is 0.319 e. The summed E-state index contributed by atoms with van der Waals surface area (Å²) in [5, 5.41) is 6.14. The van der Waals surface area contributed by atoms with Gasteiger partial charge in [-0.15, -0.1) is 0 Å². The molecule has 5 heteroatoms. The van der Waals surface area contributed by atoms with Crippen molar-refractivity contribution in [2.24, 2.45) is 0 Å². The van der Waals surface area contributed by atoms with Crippen molar-refractivity contribution in [1.29, 1.82) is 0 Å². The molecule has 0 atom stereocenters. The number of halogens is 1. The number of likely N-dealkylation sites (N-methyl/N-ethyl adjacent to an activating group) is 1. The van der Waals surface area contributed by atoms with E-state index in [1.54, 1.807) is 6.07 Å². The molecule has 4 nitrogen and oxygen atoms in total. The van der Waals surface area contributed by atoms with Gasteiger partial charge >= 0.3 is 6.03 Å². The number of amides is 2. The van der Waals surface area contributed by atoms with Crippen molar-refractivity contribution in [3.63, 3.8) is 0 Å². The van der Waals surface area contributed by atoms with Crippen molar-refractivity contribution >= 4 is 23.3 Å². The van der Waals surface area contributed by atoms with Gasteiger partial charge < -0.3 is 15.5 Å². The molecule has 1 aromatic rings. The number of hydrogen-bond donors (Lipinski definition) is 2. The molecular formula is C12H18ClN3O. The van der Waals surface area contributed by atoms with Crippen molar-refractivity contribution in [2.75, 3.05) is 32.5 Å². The highest BCUT2D eigenvalue weighted by Crippen LogP contribution is 2.19. The van der Waals surface area contributed by atoms with Gasteiger partial charge in [0, 0.05) is 23.8 Å². The fourth-order valence-corrected chi connectivity index (χ4v) is 1.42. The molecule has 2 N–H and O–H groups in total. The molecule has 0 saturated heterocycles. The molecule has 0 radical (unpaired) electrons. The van der Waals surface area contributed by atoms with Gasteiger partial charge in [0.1, 0.15) is 0 Å². The predicted molar refractivity (Wildman–Crippen MR) is 71.8 cm³/mol. The normalized spacial score (nSPS) is 10.4. The van der Waals surface area contributed by atoms with Gasteiger partial charge in [-0.25, -0.2) is 4.79 Å². The molecule has 0 aliphatic heterocycles. The van der Waals surface area contributed by atoms with Crippen LogP contribution in [0.25, 0.3) is 0 Å². The zero-order valence-electron chi connectivity index (χ0n) is 10.4. The van der Waals surface area contributed by atoms with E-state index in [1.165, 1.54) is 0 Å². The first-order valence-corrected chi connectivity index (χ1v) is 5.82. The molecule has 0 unspecified atom stereocenters. The first-order chi connectivity index (χ1) is 7.99. The summed E-state index contributed by atoms with van der Waals surface area (Å²) in [4.78, 5) is 13.5. The number of carbonyl (C=O) groups excluding carboxylic acids is 1. The van der Waals surface area contributed by atoms with E-state index in [2.05, 4.69) is 10.6 Å². The zero-order chi connectivity index (χ0) is 12.8.